The van der Waals surface area contributed by atoms with Crippen LogP contribution < -0.4 is 0 Å². The summed E-state index contributed by atoms with van der Waals surface area (Å²) < 4.78 is 5.85. The average Bonchev–Trinajstić information content (AvgIpc) is 3.88. The fourth-order valence-electron chi connectivity index (χ4n) is 24.4. The second-order valence-electron chi connectivity index (χ2n) is 24.5. The highest BCUT2D eigenvalue weighted by Gasteiger charge is 2.92. The van der Waals surface area contributed by atoms with E-state index in [-0.39, 0.29) is 16.8 Å². The minimum atomic E-state index is 0.0363. The highest BCUT2D eigenvalue weighted by molar-refractivity contribution is 5.70. The largest absolute Gasteiger partial charge is 0.465 e. The number of benzene rings is 1. The molecule has 1 aromatic rings. The van der Waals surface area contributed by atoms with Crippen molar-refractivity contribution in [3.05, 3.63) is 93.1 Å². The molecule has 25 atom stereocenters. The molecule has 11 fully saturated rings. The molecule has 17 aliphatic carbocycles. The maximum absolute atomic E-state index is 13.3. The summed E-state index contributed by atoms with van der Waals surface area (Å²) in [6.07, 6.45) is 19.4. The van der Waals surface area contributed by atoms with Gasteiger partial charge in [-0.15, -0.1) is 0 Å². The molecule has 284 valence electrons. The number of allylic oxidation sites excluding steroid dienone is 10. The Morgan fingerprint density at radius 2 is 1.57 bits per heavy atom. The second kappa shape index (κ2) is 8.66. The minimum absolute atomic E-state index is 0.0363. The molecule has 0 bridgehead atoms. The molecule has 0 heterocycles. The molecular formula is C54H56O2. The number of rotatable bonds is 7. The number of carbonyl (C=O) groups excluding carboxylic acids is 1. The fourth-order valence-corrected chi connectivity index (χ4v) is 24.4. The molecule has 56 heavy (non-hydrogen) atoms. The van der Waals surface area contributed by atoms with E-state index in [1.165, 1.54) is 19.3 Å². The minimum Gasteiger partial charge on any atom is -0.465 e. The monoisotopic (exact) mass is 736 g/mol. The zero-order chi connectivity index (χ0) is 35.8. The molecule has 0 aromatic heterocycles. The van der Waals surface area contributed by atoms with Crippen LogP contribution in [0.15, 0.2) is 87.6 Å². The van der Waals surface area contributed by atoms with Crippen LogP contribution in [0.1, 0.15) is 70.8 Å². The van der Waals surface area contributed by atoms with E-state index in [1.54, 1.807) is 18.4 Å². The van der Waals surface area contributed by atoms with E-state index in [9.17, 15) is 4.79 Å². The Hall–Kier alpha value is -2.61. The highest BCUT2D eigenvalue weighted by atomic mass is 16.5. The van der Waals surface area contributed by atoms with Gasteiger partial charge in [-0.3, -0.25) is 4.79 Å². The van der Waals surface area contributed by atoms with Gasteiger partial charge >= 0.3 is 5.97 Å². The van der Waals surface area contributed by atoms with E-state index in [0.29, 0.717) is 24.9 Å². The molecule has 0 saturated heterocycles. The zero-order valence-electron chi connectivity index (χ0n) is 33.2. The maximum Gasteiger partial charge on any atom is 0.305 e. The number of ether oxygens (including phenoxy) is 1. The van der Waals surface area contributed by atoms with E-state index in [2.05, 4.69) is 79.1 Å². The molecule has 0 amide bonds. The van der Waals surface area contributed by atoms with Gasteiger partial charge in [0.05, 0.1) is 6.61 Å². The average molecular weight is 737 g/mol. The molecule has 2 nitrogen and oxygen atoms in total. The third-order valence-electron chi connectivity index (χ3n) is 23.7. The third kappa shape index (κ3) is 2.57. The SMILES string of the molecule is CC(C)COC(=O)CCCC1(c2ccccc2)C2C3=CC4CC5=CC6CC7CC8CC9CC%10=CC21C1C%10C2C9C9C%10C%11=C(C6C6=C5C4C4C3C1C(C4C6%11)C%102)C7C89. The molecular weight excluding hydrogens is 681 g/mol. The standard InChI is InChI=1S/C54H56O2/c1-20(2)19-56-30(55)9-6-10-53(28-7-4-3-5-8-28)52-29-17-26-15-23-13-24-12-21-11-22-14-25-16-27-18-54(52,53)51-37(27)42-36(25)41-32(22)31(21)39-35(24)40-33(23)34(26)43-38(29)50(51)49-47(42)45(41)44(39)46(40)48(43)49/h3-5,7-8,13,17-18,20-22,24-26,31-32,34-38,41-43,45-52H,6,9-12,14-16,19H2,1-2H3. The summed E-state index contributed by atoms with van der Waals surface area (Å²) >= 11 is 0. The normalized spacial score (nSPS) is 61.7. The predicted molar refractivity (Wildman–Crippen MR) is 212 cm³/mol. The predicted octanol–water partition coefficient (Wildman–Crippen LogP) is 10.0. The smallest absolute Gasteiger partial charge is 0.305 e. The molecule has 1 spiro atoms. The second-order valence-corrected chi connectivity index (χ2v) is 24.5. The number of esters is 1. The van der Waals surface area contributed by atoms with Gasteiger partial charge in [-0.05, 0) is 186 Å². The maximum atomic E-state index is 13.3. The lowest BCUT2D eigenvalue weighted by atomic mass is 9.45. The van der Waals surface area contributed by atoms with Crippen molar-refractivity contribution in [3.8, 4) is 0 Å². The third-order valence-corrected chi connectivity index (χ3v) is 23.7. The van der Waals surface area contributed by atoms with Crippen molar-refractivity contribution in [2.24, 2.45) is 147 Å². The summed E-state index contributed by atoms with van der Waals surface area (Å²) in [6, 6.07) is 12.1. The van der Waals surface area contributed by atoms with E-state index in [1.807, 2.05) is 22.3 Å². The number of fused-ring (bicyclic) bond motifs is 1. The lowest BCUT2D eigenvalue weighted by Gasteiger charge is -2.59. The Morgan fingerprint density at radius 1 is 0.732 bits per heavy atom. The van der Waals surface area contributed by atoms with Crippen LogP contribution in [0.2, 0.25) is 0 Å². The number of hydrogen-bond acceptors (Lipinski definition) is 2. The van der Waals surface area contributed by atoms with Gasteiger partial charge in [-0.25, -0.2) is 0 Å². The molecule has 2 heteroatoms. The van der Waals surface area contributed by atoms with Crippen molar-refractivity contribution in [1.29, 1.82) is 0 Å². The molecule has 17 aliphatic rings. The molecule has 18 rings (SSSR count). The van der Waals surface area contributed by atoms with E-state index in [4.69, 9.17) is 4.74 Å². The molecule has 0 radical (unpaired) electrons. The van der Waals surface area contributed by atoms with Crippen molar-refractivity contribution in [1.82, 2.24) is 0 Å². The Morgan fingerprint density at radius 3 is 2.46 bits per heavy atom. The summed E-state index contributed by atoms with van der Waals surface area (Å²) in [5, 5.41) is 0. The van der Waals surface area contributed by atoms with Gasteiger partial charge in [0.2, 0.25) is 0 Å². The summed E-state index contributed by atoms with van der Waals surface area (Å²) in [6.45, 7) is 4.87. The van der Waals surface area contributed by atoms with E-state index in [0.717, 1.165) is 143 Å². The molecule has 25 unspecified atom stereocenters. The van der Waals surface area contributed by atoms with Gasteiger partial charge in [0.15, 0.2) is 0 Å². The Balaban J connectivity index is 0.916. The van der Waals surface area contributed by atoms with Gasteiger partial charge in [0.25, 0.3) is 0 Å². The first-order valence-corrected chi connectivity index (χ1v) is 24.3. The van der Waals surface area contributed by atoms with Crippen molar-refractivity contribution < 1.29 is 9.53 Å². The van der Waals surface area contributed by atoms with Crippen LogP contribution in [-0.2, 0) is 14.9 Å². The summed E-state index contributed by atoms with van der Waals surface area (Å²) in [7, 11) is 0. The van der Waals surface area contributed by atoms with Crippen molar-refractivity contribution in [3.63, 3.8) is 0 Å². The lowest BCUT2D eigenvalue weighted by molar-refractivity contribution is -0.144. The lowest BCUT2D eigenvalue weighted by Crippen LogP contribution is -2.55. The van der Waals surface area contributed by atoms with Crippen LogP contribution in [0.5, 0.6) is 0 Å². The fraction of sp³-hybridized carbons (Fsp3) is 0.685. The molecule has 11 saturated carbocycles. The quantitative estimate of drug-likeness (QED) is 0.206. The first-order valence-electron chi connectivity index (χ1n) is 24.3. The van der Waals surface area contributed by atoms with Crippen molar-refractivity contribution in [2.75, 3.05) is 6.61 Å². The first kappa shape index (κ1) is 29.6. The van der Waals surface area contributed by atoms with Crippen LogP contribution in [0.3, 0.4) is 0 Å². The summed E-state index contributed by atoms with van der Waals surface area (Å²) in [5.74, 6) is 21.4. The van der Waals surface area contributed by atoms with Crippen LogP contribution >= 0.6 is 0 Å². The molecule has 0 N–H and O–H groups in total. The molecule has 1 aromatic carbocycles. The van der Waals surface area contributed by atoms with Gasteiger partial charge in [-0.1, -0.05) is 90.3 Å². The van der Waals surface area contributed by atoms with Crippen LogP contribution in [0.25, 0.3) is 0 Å². The molecule has 0 aliphatic heterocycles. The van der Waals surface area contributed by atoms with Gasteiger partial charge in [0.1, 0.15) is 0 Å². The van der Waals surface area contributed by atoms with Gasteiger partial charge in [0, 0.05) is 35.0 Å². The zero-order valence-corrected chi connectivity index (χ0v) is 33.2. The van der Waals surface area contributed by atoms with Crippen LogP contribution in [-0.4, -0.2) is 12.6 Å². The van der Waals surface area contributed by atoms with Crippen LogP contribution in [0.4, 0.5) is 0 Å². The first-order chi connectivity index (χ1) is 27.5. The Labute approximate surface area is 332 Å². The van der Waals surface area contributed by atoms with E-state index >= 15 is 0 Å². The number of carbonyl (C=O) groups is 1. The van der Waals surface area contributed by atoms with Gasteiger partial charge < -0.3 is 4.74 Å². The van der Waals surface area contributed by atoms with Crippen molar-refractivity contribution >= 4 is 5.97 Å². The Bertz CT molecular complexity index is 2370. The highest BCUT2D eigenvalue weighted by Crippen LogP contribution is 2.96. The van der Waals surface area contributed by atoms with E-state index < -0.39 is 0 Å². The summed E-state index contributed by atoms with van der Waals surface area (Å²) in [5.41, 5.74) is 16.5. The van der Waals surface area contributed by atoms with Crippen molar-refractivity contribution in [2.45, 2.75) is 70.6 Å². The number of hydrogen-bond donors (Lipinski definition) is 0. The van der Waals surface area contributed by atoms with Gasteiger partial charge in [-0.2, -0.15) is 0 Å². The van der Waals surface area contributed by atoms with Crippen LogP contribution in [0, 0.1) is 147 Å². The Kier molecular flexibility index (Phi) is 4.57. The summed E-state index contributed by atoms with van der Waals surface area (Å²) in [4.78, 5) is 13.3. The topological polar surface area (TPSA) is 26.3 Å².